The van der Waals surface area contributed by atoms with Crippen molar-refractivity contribution in [1.29, 1.82) is 0 Å². The van der Waals surface area contributed by atoms with Crippen molar-refractivity contribution in [1.82, 2.24) is 15.3 Å². The second kappa shape index (κ2) is 6.45. The smallest absolute Gasteiger partial charge is 0.273 e. The molecule has 1 aromatic carbocycles. The number of hydrogen-bond donors (Lipinski definition) is 2. The fraction of sp³-hybridized carbons (Fsp3) is 0.0625. The Morgan fingerprint density at radius 3 is 2.54 bits per heavy atom. The predicted molar refractivity (Wildman–Crippen MR) is 81.7 cm³/mol. The summed E-state index contributed by atoms with van der Waals surface area (Å²) in [5.74, 6) is -2.19. The van der Waals surface area contributed by atoms with E-state index in [0.717, 1.165) is 18.4 Å². The Kier molecular flexibility index (Phi) is 4.19. The molecule has 1 amide bonds. The molecule has 24 heavy (non-hydrogen) atoms. The van der Waals surface area contributed by atoms with E-state index in [9.17, 15) is 13.6 Å². The molecule has 6 nitrogen and oxygen atoms in total. The number of nitrogens with zero attached hydrogens (tertiary/aromatic N) is 2. The Morgan fingerprint density at radius 2 is 1.83 bits per heavy atom. The number of aromatic nitrogens is 2. The van der Waals surface area contributed by atoms with E-state index in [1.165, 1.54) is 6.07 Å². The summed E-state index contributed by atoms with van der Waals surface area (Å²) < 4.78 is 32.4. The van der Waals surface area contributed by atoms with Crippen molar-refractivity contribution < 1.29 is 18.0 Å². The van der Waals surface area contributed by atoms with Gasteiger partial charge >= 0.3 is 0 Å². The van der Waals surface area contributed by atoms with Crippen LogP contribution in [0.15, 0.2) is 47.1 Å². The quantitative estimate of drug-likeness (QED) is 0.766. The van der Waals surface area contributed by atoms with Gasteiger partial charge < -0.3 is 15.5 Å². The summed E-state index contributed by atoms with van der Waals surface area (Å²) in [6.07, 6.45) is 1.03. The van der Waals surface area contributed by atoms with E-state index in [4.69, 9.17) is 10.2 Å². The highest BCUT2D eigenvalue weighted by atomic mass is 19.1. The maximum absolute atomic E-state index is 13.7. The van der Waals surface area contributed by atoms with Gasteiger partial charge in [-0.05, 0) is 24.3 Å². The van der Waals surface area contributed by atoms with Gasteiger partial charge in [-0.25, -0.2) is 18.7 Å². The fourth-order valence-corrected chi connectivity index (χ4v) is 2.05. The molecule has 0 aliphatic carbocycles. The first-order chi connectivity index (χ1) is 11.5. The van der Waals surface area contributed by atoms with Gasteiger partial charge in [0.1, 0.15) is 29.3 Å². The summed E-state index contributed by atoms with van der Waals surface area (Å²) in [5.41, 5.74) is 5.59. The average Bonchev–Trinajstić information content (AvgIpc) is 3.02. The van der Waals surface area contributed by atoms with E-state index in [1.54, 1.807) is 18.2 Å². The lowest BCUT2D eigenvalue weighted by molar-refractivity contribution is 0.0945. The van der Waals surface area contributed by atoms with Gasteiger partial charge in [0, 0.05) is 0 Å². The second-order valence-corrected chi connectivity index (χ2v) is 4.87. The number of carbonyl (C=O) groups is 1. The van der Waals surface area contributed by atoms with Gasteiger partial charge in [-0.1, -0.05) is 12.1 Å². The van der Waals surface area contributed by atoms with Crippen LogP contribution in [0, 0.1) is 11.6 Å². The molecule has 2 heterocycles. The number of halogens is 2. The molecule has 3 aromatic rings. The zero-order valence-corrected chi connectivity index (χ0v) is 12.3. The molecule has 0 aliphatic heterocycles. The lowest BCUT2D eigenvalue weighted by Gasteiger charge is -2.03. The average molecular weight is 330 g/mol. The Hall–Kier alpha value is -3.29. The van der Waals surface area contributed by atoms with Gasteiger partial charge in [0.15, 0.2) is 5.69 Å². The Morgan fingerprint density at radius 1 is 1.12 bits per heavy atom. The molecule has 0 fully saturated rings. The zero-order valence-electron chi connectivity index (χ0n) is 12.3. The van der Waals surface area contributed by atoms with Crippen LogP contribution < -0.4 is 11.1 Å². The van der Waals surface area contributed by atoms with Crippen LogP contribution in [-0.2, 0) is 6.54 Å². The van der Waals surface area contributed by atoms with Gasteiger partial charge in [0.2, 0.25) is 5.89 Å². The highest BCUT2D eigenvalue weighted by Crippen LogP contribution is 2.25. The molecule has 0 aliphatic rings. The zero-order chi connectivity index (χ0) is 17.1. The third-order valence-electron chi connectivity index (χ3n) is 3.17. The maximum atomic E-state index is 13.7. The van der Waals surface area contributed by atoms with Crippen molar-refractivity contribution in [2.24, 2.45) is 0 Å². The van der Waals surface area contributed by atoms with Crippen molar-refractivity contribution in [2.45, 2.75) is 6.54 Å². The van der Waals surface area contributed by atoms with Gasteiger partial charge in [-0.2, -0.15) is 0 Å². The molecule has 0 bridgehead atoms. The van der Waals surface area contributed by atoms with E-state index < -0.39 is 23.1 Å². The van der Waals surface area contributed by atoms with E-state index in [-0.39, 0.29) is 18.1 Å². The minimum absolute atomic E-state index is 0.100. The molecule has 0 unspecified atom stereocenters. The van der Waals surface area contributed by atoms with Crippen LogP contribution in [0.1, 0.15) is 16.2 Å². The van der Waals surface area contributed by atoms with Crippen molar-refractivity contribution >= 4 is 11.7 Å². The van der Waals surface area contributed by atoms with Crippen molar-refractivity contribution in [3.63, 3.8) is 0 Å². The molecular formula is C16H12F2N4O2. The minimum Gasteiger partial charge on any atom is -0.443 e. The first-order valence-corrected chi connectivity index (χ1v) is 6.94. The fourth-order valence-electron chi connectivity index (χ4n) is 2.05. The number of pyridine rings is 1. The van der Waals surface area contributed by atoms with E-state index in [0.29, 0.717) is 11.5 Å². The summed E-state index contributed by atoms with van der Waals surface area (Å²) in [5, 5.41) is 2.57. The van der Waals surface area contributed by atoms with Gasteiger partial charge in [0.05, 0.1) is 12.2 Å². The van der Waals surface area contributed by atoms with Crippen LogP contribution in [0.4, 0.5) is 14.6 Å². The van der Waals surface area contributed by atoms with Crippen LogP contribution in [0.25, 0.3) is 11.5 Å². The molecule has 122 valence electrons. The number of nitrogen functional groups attached to an aromatic ring is 1. The first kappa shape index (κ1) is 15.6. The maximum Gasteiger partial charge on any atom is 0.273 e. The molecule has 0 radical (unpaired) electrons. The van der Waals surface area contributed by atoms with Crippen molar-refractivity contribution in [2.75, 3.05) is 5.73 Å². The third kappa shape index (κ3) is 3.22. The molecular weight excluding hydrogens is 318 g/mol. The summed E-state index contributed by atoms with van der Waals surface area (Å²) >= 11 is 0. The number of nitrogens with one attached hydrogen (secondary N) is 1. The summed E-state index contributed by atoms with van der Waals surface area (Å²) in [6, 6.07) is 8.40. The Labute approximate surface area is 135 Å². The molecule has 3 N–H and O–H groups in total. The highest BCUT2D eigenvalue weighted by Gasteiger charge is 2.19. The number of anilines is 1. The molecule has 2 aromatic heterocycles. The summed E-state index contributed by atoms with van der Waals surface area (Å²) in [6.45, 7) is 0.125. The number of rotatable bonds is 4. The molecule has 0 saturated carbocycles. The first-order valence-electron chi connectivity index (χ1n) is 6.94. The van der Waals surface area contributed by atoms with Crippen LogP contribution in [0.5, 0.6) is 0 Å². The molecule has 8 heteroatoms. The van der Waals surface area contributed by atoms with Crippen LogP contribution in [-0.4, -0.2) is 15.9 Å². The summed E-state index contributed by atoms with van der Waals surface area (Å²) in [4.78, 5) is 19.9. The van der Waals surface area contributed by atoms with E-state index >= 15 is 0 Å². The third-order valence-corrected chi connectivity index (χ3v) is 3.17. The second-order valence-electron chi connectivity index (χ2n) is 4.87. The van der Waals surface area contributed by atoms with Crippen LogP contribution in [0.2, 0.25) is 0 Å². The number of nitrogens with two attached hydrogens (primary N) is 1. The molecule has 0 spiro atoms. The topological polar surface area (TPSA) is 94.0 Å². The Balaban J connectivity index is 1.74. The number of amides is 1. The minimum atomic E-state index is -0.826. The van der Waals surface area contributed by atoms with Crippen molar-refractivity contribution in [3.8, 4) is 11.5 Å². The van der Waals surface area contributed by atoms with E-state index in [1.807, 2.05) is 0 Å². The number of benzene rings is 1. The summed E-state index contributed by atoms with van der Waals surface area (Å²) in [7, 11) is 0. The van der Waals surface area contributed by atoms with Gasteiger partial charge in [-0.3, -0.25) is 4.79 Å². The largest absolute Gasteiger partial charge is 0.443 e. The van der Waals surface area contributed by atoms with Crippen LogP contribution >= 0.6 is 0 Å². The van der Waals surface area contributed by atoms with Crippen molar-refractivity contribution in [3.05, 3.63) is 65.7 Å². The monoisotopic (exact) mass is 330 g/mol. The number of oxazole rings is 1. The molecule has 0 saturated heterocycles. The molecule has 0 atom stereocenters. The Bertz CT molecular complexity index is 875. The van der Waals surface area contributed by atoms with Gasteiger partial charge in [0.25, 0.3) is 5.91 Å². The number of hydrogen-bond acceptors (Lipinski definition) is 5. The SMILES string of the molecule is Nc1cccc(CNC(=O)c2coc(-c3c(F)cccc3F)n2)n1. The standard InChI is InChI=1S/C16H12F2N4O2/c17-10-4-2-5-11(18)14(10)16-22-12(8-24-16)15(23)20-7-9-3-1-6-13(19)21-9/h1-6,8H,7H2,(H2,19,21)(H,20,23). The van der Waals surface area contributed by atoms with E-state index in [2.05, 4.69) is 15.3 Å². The number of carbonyl (C=O) groups excluding carboxylic acids is 1. The lowest BCUT2D eigenvalue weighted by Crippen LogP contribution is -2.23. The highest BCUT2D eigenvalue weighted by molar-refractivity contribution is 5.92. The van der Waals surface area contributed by atoms with Crippen LogP contribution in [0.3, 0.4) is 0 Å². The normalized spacial score (nSPS) is 10.6. The van der Waals surface area contributed by atoms with Gasteiger partial charge in [-0.15, -0.1) is 0 Å². The predicted octanol–water partition coefficient (Wildman–Crippen LogP) is 2.53. The lowest BCUT2D eigenvalue weighted by atomic mass is 10.2. The molecule has 3 rings (SSSR count).